The van der Waals surface area contributed by atoms with Crippen LogP contribution in [0.1, 0.15) is 0 Å². The molecule has 0 amide bonds. The van der Waals surface area contributed by atoms with Gasteiger partial charge < -0.3 is 24.8 Å². The summed E-state index contributed by atoms with van der Waals surface area (Å²) in [5.41, 5.74) is 4.70. The van der Waals surface area contributed by atoms with E-state index >= 15 is 0 Å². The van der Waals surface area contributed by atoms with Crippen molar-refractivity contribution in [2.24, 2.45) is 0 Å². The first kappa shape index (κ1) is 29.9. The summed E-state index contributed by atoms with van der Waals surface area (Å²) >= 11 is 1.74. The minimum Gasteiger partial charge on any atom is -1.00 e. The Morgan fingerprint density at radius 1 is 0.583 bits per heavy atom. The van der Waals surface area contributed by atoms with Gasteiger partial charge in [0.15, 0.2) is 0 Å². The Hall–Kier alpha value is -2.36. The van der Waals surface area contributed by atoms with Crippen molar-refractivity contribution in [2.45, 2.75) is 13.1 Å². The first-order valence-electron chi connectivity index (χ1n) is 11.3. The first-order valence-corrected chi connectivity index (χ1v) is 17.5. The van der Waals surface area contributed by atoms with E-state index in [-0.39, 0.29) is 30.2 Å². The van der Waals surface area contributed by atoms with Gasteiger partial charge >= 0.3 is 41.9 Å². The van der Waals surface area contributed by atoms with Gasteiger partial charge in [-0.05, 0) is 35.4 Å². The van der Waals surface area contributed by atoms with Gasteiger partial charge in [-0.25, -0.2) is 0 Å². The molecule has 180 valence electrons. The minimum absolute atomic E-state index is 0. The number of fused-ring (bicyclic) bond motifs is 2. The zero-order valence-electron chi connectivity index (χ0n) is 20.2. The van der Waals surface area contributed by atoms with Crippen LogP contribution in [0.2, 0.25) is 13.1 Å². The smallest absolute Gasteiger partial charge is 0.0607 e. The Kier molecular flexibility index (Phi) is 12.5. The van der Waals surface area contributed by atoms with Gasteiger partial charge in [0, 0.05) is 12.4 Å². The fraction of sp³-hybridized carbons (Fsp3) is 0.0667. The maximum absolute atomic E-state index is 4.38. The van der Waals surface area contributed by atoms with E-state index in [1.807, 2.05) is 48.8 Å². The maximum atomic E-state index is 4.38. The summed E-state index contributed by atoms with van der Waals surface area (Å²) in [6, 6.07) is 37.3. The molecular formula is C30H26Cl2N2SiZr-2. The van der Waals surface area contributed by atoms with Crippen LogP contribution in [0.3, 0.4) is 0 Å². The van der Waals surface area contributed by atoms with Crippen molar-refractivity contribution in [3.63, 3.8) is 0 Å². The van der Waals surface area contributed by atoms with Gasteiger partial charge in [-0.1, -0.05) is 24.3 Å². The average molecular weight is 605 g/mol. The molecule has 0 aliphatic carbocycles. The number of rotatable bonds is 2. The molecule has 0 bridgehead atoms. The van der Waals surface area contributed by atoms with Crippen LogP contribution in [0.5, 0.6) is 0 Å². The number of pyridine rings is 2. The third kappa shape index (κ3) is 7.82. The van der Waals surface area contributed by atoms with Crippen molar-refractivity contribution in [3.8, 4) is 22.5 Å². The predicted octanol–water partition coefficient (Wildman–Crippen LogP) is 2.03. The topological polar surface area (TPSA) is 25.8 Å². The van der Waals surface area contributed by atoms with Crippen LogP contribution in [0, 0.1) is 0 Å². The quantitative estimate of drug-likeness (QED) is 0.224. The van der Waals surface area contributed by atoms with Crippen molar-refractivity contribution in [1.82, 2.24) is 9.97 Å². The van der Waals surface area contributed by atoms with Crippen LogP contribution < -0.4 is 24.8 Å². The number of aromatic nitrogens is 2. The SMILES string of the molecule is C[Si](C)=[Zr+2].[Cl-].[Cl-].c1ccc(-c2cccc3[cH-]ccc23)nc1.c1ccc(-c2cccc3[cH-]ccc23)nc1. The summed E-state index contributed by atoms with van der Waals surface area (Å²) in [6.07, 6.45) is 3.66. The standard InChI is InChI=1S/2C14H10N.C2H6Si.2ClH.Zr/c2*1-2-10-15-14(9-1)13-8-4-6-11-5-3-7-12(11)13;1-3-2;;;/h2*1-10H;1-2H3;2*1H;/q2*-1;;;;+2/p-2. The Morgan fingerprint density at radius 3 is 1.36 bits per heavy atom. The second kappa shape index (κ2) is 15.0. The van der Waals surface area contributed by atoms with E-state index < -0.39 is 0 Å². The van der Waals surface area contributed by atoms with Crippen molar-refractivity contribution >= 4 is 27.0 Å². The van der Waals surface area contributed by atoms with E-state index in [0.29, 0.717) is 0 Å². The van der Waals surface area contributed by atoms with Crippen LogP contribution in [0.25, 0.3) is 44.1 Å². The largest absolute Gasteiger partial charge is 1.00 e. The third-order valence-corrected chi connectivity index (χ3v) is 5.24. The molecule has 0 atom stereocenters. The first-order chi connectivity index (χ1) is 16.6. The van der Waals surface area contributed by atoms with E-state index in [1.165, 1.54) is 32.7 Å². The summed E-state index contributed by atoms with van der Waals surface area (Å²) in [7, 11) is 0. The number of halogens is 2. The minimum atomic E-state index is 0. The van der Waals surface area contributed by atoms with Gasteiger partial charge in [0.05, 0.1) is 11.4 Å². The van der Waals surface area contributed by atoms with Crippen molar-refractivity contribution in [2.75, 3.05) is 0 Å². The van der Waals surface area contributed by atoms with Crippen LogP contribution in [-0.2, 0) is 23.3 Å². The Bertz CT molecular complexity index is 1380. The van der Waals surface area contributed by atoms with Crippen molar-refractivity contribution in [1.29, 1.82) is 0 Å². The number of hydrogen-bond acceptors (Lipinski definition) is 2. The second-order valence-corrected chi connectivity index (χ2v) is 17.5. The molecule has 2 nitrogen and oxygen atoms in total. The molecule has 0 spiro atoms. The monoisotopic (exact) mass is 602 g/mol. The second-order valence-electron chi connectivity index (χ2n) is 8.10. The number of nitrogens with zero attached hydrogens (tertiary/aromatic N) is 2. The van der Waals surface area contributed by atoms with Crippen molar-refractivity contribution in [3.05, 3.63) is 122 Å². The van der Waals surface area contributed by atoms with E-state index in [1.54, 1.807) is 23.3 Å². The Labute approximate surface area is 240 Å². The molecule has 36 heavy (non-hydrogen) atoms. The molecule has 6 aromatic rings. The third-order valence-electron chi connectivity index (χ3n) is 5.24. The van der Waals surface area contributed by atoms with E-state index in [4.69, 9.17) is 0 Å². The molecular weight excluding hydrogens is 579 g/mol. The maximum Gasteiger partial charge on any atom is 0.0607 e. The number of hydrogen-bond donors (Lipinski definition) is 0. The van der Waals surface area contributed by atoms with Crippen LogP contribution in [-0.4, -0.2) is 15.4 Å². The van der Waals surface area contributed by atoms with Gasteiger partial charge in [-0.2, -0.15) is 24.3 Å². The van der Waals surface area contributed by atoms with Gasteiger partial charge in [-0.3, -0.25) is 9.97 Å². The number of benzene rings is 2. The van der Waals surface area contributed by atoms with Crippen molar-refractivity contribution < 1.29 is 48.1 Å². The molecule has 2 heterocycles. The fourth-order valence-electron chi connectivity index (χ4n) is 3.82. The molecule has 6 rings (SSSR count). The molecule has 2 aromatic heterocycles. The van der Waals surface area contributed by atoms with Gasteiger partial charge in [0.25, 0.3) is 0 Å². The molecule has 0 radical (unpaired) electrons. The van der Waals surface area contributed by atoms with E-state index in [2.05, 4.69) is 95.9 Å². The summed E-state index contributed by atoms with van der Waals surface area (Å²) < 4.78 is 0. The summed E-state index contributed by atoms with van der Waals surface area (Å²) in [5, 5.41) is 5.10. The molecule has 0 fully saturated rings. The van der Waals surface area contributed by atoms with Gasteiger partial charge in [0.1, 0.15) is 0 Å². The van der Waals surface area contributed by atoms with E-state index in [9.17, 15) is 0 Å². The van der Waals surface area contributed by atoms with Crippen LogP contribution in [0.15, 0.2) is 122 Å². The molecule has 6 heteroatoms. The summed E-state index contributed by atoms with van der Waals surface area (Å²) in [5.74, 6) is 0. The Balaban J connectivity index is 0.000000211. The van der Waals surface area contributed by atoms with Crippen LogP contribution >= 0.6 is 0 Å². The molecule has 4 aromatic carbocycles. The van der Waals surface area contributed by atoms with Crippen LogP contribution in [0.4, 0.5) is 0 Å². The fourth-order valence-corrected chi connectivity index (χ4v) is 3.82. The van der Waals surface area contributed by atoms with Gasteiger partial charge in [0.2, 0.25) is 0 Å². The predicted molar refractivity (Wildman–Crippen MR) is 143 cm³/mol. The Morgan fingerprint density at radius 2 is 1.00 bits per heavy atom. The average Bonchev–Trinajstić information content (AvgIpc) is 3.54. The molecule has 0 unspecified atom stereocenters. The summed E-state index contributed by atoms with van der Waals surface area (Å²) in [4.78, 5) is 8.76. The van der Waals surface area contributed by atoms with Gasteiger partial charge in [-0.15, -0.1) is 57.9 Å². The molecule has 0 aliphatic rings. The normalized spacial score (nSPS) is 9.67. The molecule has 0 N–H and O–H groups in total. The molecule has 0 saturated carbocycles. The van der Waals surface area contributed by atoms with E-state index in [0.717, 1.165) is 11.4 Å². The zero-order valence-corrected chi connectivity index (χ0v) is 25.2. The summed E-state index contributed by atoms with van der Waals surface area (Å²) in [6.45, 7) is 4.62. The zero-order chi connectivity index (χ0) is 23.8. The molecule has 0 saturated heterocycles. The molecule has 0 aliphatic heterocycles.